The Morgan fingerprint density at radius 3 is 2.62 bits per heavy atom. The van der Waals surface area contributed by atoms with Crippen LogP contribution in [-0.2, 0) is 0 Å². The number of rotatable bonds is 5. The van der Waals surface area contributed by atoms with Gasteiger partial charge < -0.3 is 15.4 Å². The number of methoxy groups -OCH3 is 1. The molecule has 0 aliphatic carbocycles. The average molecular weight is 369 g/mol. The van der Waals surface area contributed by atoms with Crippen LogP contribution >= 0.6 is 11.6 Å². The molecule has 1 heterocycles. The van der Waals surface area contributed by atoms with E-state index in [1.54, 1.807) is 37.4 Å². The highest BCUT2D eigenvalue weighted by Gasteiger charge is 2.11. The van der Waals surface area contributed by atoms with Crippen molar-refractivity contribution in [1.82, 2.24) is 9.97 Å². The van der Waals surface area contributed by atoms with Gasteiger partial charge in [0.15, 0.2) is 0 Å². The Labute approximate surface area is 156 Å². The van der Waals surface area contributed by atoms with E-state index in [1.807, 2.05) is 25.1 Å². The van der Waals surface area contributed by atoms with Crippen molar-refractivity contribution in [2.75, 3.05) is 17.7 Å². The molecule has 26 heavy (non-hydrogen) atoms. The first-order valence-corrected chi connectivity index (χ1v) is 8.24. The van der Waals surface area contributed by atoms with Crippen molar-refractivity contribution >= 4 is 34.8 Å². The second-order valence-electron chi connectivity index (χ2n) is 5.56. The minimum Gasteiger partial charge on any atom is -0.495 e. The maximum absolute atomic E-state index is 12.4. The number of hydrogen-bond acceptors (Lipinski definition) is 5. The summed E-state index contributed by atoms with van der Waals surface area (Å²) in [5.41, 5.74) is 2.66. The molecule has 2 N–H and O–H groups in total. The lowest BCUT2D eigenvalue weighted by Crippen LogP contribution is -2.14. The second kappa shape index (κ2) is 7.84. The Balaban J connectivity index is 1.79. The highest BCUT2D eigenvalue weighted by molar-refractivity contribution is 6.30. The average Bonchev–Trinajstić information content (AvgIpc) is 2.64. The number of ether oxygens (including phenoxy) is 1. The lowest BCUT2D eigenvalue weighted by Gasteiger charge is -2.11. The van der Waals surface area contributed by atoms with Gasteiger partial charge in [0, 0.05) is 16.9 Å². The Morgan fingerprint density at radius 1 is 1.12 bits per heavy atom. The minimum absolute atomic E-state index is 0.240. The molecular weight excluding hydrogens is 352 g/mol. The summed E-state index contributed by atoms with van der Waals surface area (Å²) in [6.45, 7) is 1.97. The summed E-state index contributed by atoms with van der Waals surface area (Å²) in [7, 11) is 1.59. The number of carbonyl (C=O) groups excluding carboxylic acids is 1. The molecule has 1 aromatic heterocycles. The standard InChI is InChI=1S/C19H17ClN4O2/c1-12-3-8-17(26-2)16(11-12)24-19-21-10-9-15(23-19)18(25)22-14-6-4-13(20)5-7-14/h3-11H,1-2H3,(H,22,25)(H,21,23,24). The predicted octanol–water partition coefficient (Wildman–Crippen LogP) is 4.44. The molecule has 3 aromatic rings. The fourth-order valence-corrected chi connectivity index (χ4v) is 2.44. The van der Waals surface area contributed by atoms with Crippen molar-refractivity contribution in [3.05, 3.63) is 71.0 Å². The minimum atomic E-state index is -0.339. The molecule has 0 atom stereocenters. The van der Waals surface area contributed by atoms with E-state index in [9.17, 15) is 4.79 Å². The van der Waals surface area contributed by atoms with Crippen molar-refractivity contribution in [3.8, 4) is 5.75 Å². The van der Waals surface area contributed by atoms with Gasteiger partial charge in [-0.2, -0.15) is 0 Å². The molecule has 0 unspecified atom stereocenters. The highest BCUT2D eigenvalue weighted by Crippen LogP contribution is 2.27. The molecule has 0 bridgehead atoms. The second-order valence-corrected chi connectivity index (χ2v) is 5.99. The van der Waals surface area contributed by atoms with Gasteiger partial charge in [-0.15, -0.1) is 0 Å². The third-order valence-corrected chi connectivity index (χ3v) is 3.84. The number of benzene rings is 2. The molecule has 0 aliphatic heterocycles. The first-order valence-electron chi connectivity index (χ1n) is 7.87. The first-order chi connectivity index (χ1) is 12.5. The number of nitrogens with zero attached hydrogens (tertiary/aromatic N) is 2. The van der Waals surface area contributed by atoms with E-state index >= 15 is 0 Å². The maximum atomic E-state index is 12.4. The fourth-order valence-electron chi connectivity index (χ4n) is 2.31. The molecule has 6 nitrogen and oxygen atoms in total. The molecular formula is C19H17ClN4O2. The van der Waals surface area contributed by atoms with Gasteiger partial charge in [-0.1, -0.05) is 17.7 Å². The molecule has 3 rings (SSSR count). The molecule has 7 heteroatoms. The SMILES string of the molecule is COc1ccc(C)cc1Nc1nccc(C(=O)Nc2ccc(Cl)cc2)n1. The molecule has 0 fully saturated rings. The molecule has 2 aromatic carbocycles. The van der Waals surface area contributed by atoms with E-state index in [-0.39, 0.29) is 11.6 Å². The predicted molar refractivity (Wildman–Crippen MR) is 102 cm³/mol. The lowest BCUT2D eigenvalue weighted by molar-refractivity contribution is 0.102. The van der Waals surface area contributed by atoms with E-state index in [0.717, 1.165) is 11.3 Å². The Bertz CT molecular complexity index is 929. The number of carbonyl (C=O) groups is 1. The van der Waals surface area contributed by atoms with Crippen LogP contribution in [0.1, 0.15) is 16.1 Å². The van der Waals surface area contributed by atoms with Crippen LogP contribution in [0.5, 0.6) is 5.75 Å². The lowest BCUT2D eigenvalue weighted by atomic mass is 10.2. The van der Waals surface area contributed by atoms with Gasteiger partial charge in [0.2, 0.25) is 5.95 Å². The largest absolute Gasteiger partial charge is 0.495 e. The Kier molecular flexibility index (Phi) is 5.34. The normalized spacial score (nSPS) is 10.3. The topological polar surface area (TPSA) is 76.1 Å². The van der Waals surface area contributed by atoms with Gasteiger partial charge in [-0.25, -0.2) is 9.97 Å². The summed E-state index contributed by atoms with van der Waals surface area (Å²) in [6.07, 6.45) is 1.52. The molecule has 1 amide bonds. The van der Waals surface area contributed by atoms with Crippen LogP contribution in [0.3, 0.4) is 0 Å². The van der Waals surface area contributed by atoms with E-state index < -0.39 is 0 Å². The van der Waals surface area contributed by atoms with Crippen LogP contribution in [0.25, 0.3) is 0 Å². The van der Waals surface area contributed by atoms with Crippen LogP contribution in [-0.4, -0.2) is 23.0 Å². The third kappa shape index (κ3) is 4.29. The van der Waals surface area contributed by atoms with Crippen molar-refractivity contribution in [3.63, 3.8) is 0 Å². The zero-order valence-corrected chi connectivity index (χ0v) is 15.0. The summed E-state index contributed by atoms with van der Waals surface area (Å²) in [4.78, 5) is 20.8. The van der Waals surface area contributed by atoms with Crippen molar-refractivity contribution in [1.29, 1.82) is 0 Å². The van der Waals surface area contributed by atoms with Gasteiger partial charge in [0.05, 0.1) is 12.8 Å². The van der Waals surface area contributed by atoms with Crippen LogP contribution in [0.2, 0.25) is 5.02 Å². The van der Waals surface area contributed by atoms with E-state index in [0.29, 0.717) is 22.4 Å². The first kappa shape index (κ1) is 17.7. The summed E-state index contributed by atoms with van der Waals surface area (Å²) < 4.78 is 5.33. The third-order valence-electron chi connectivity index (χ3n) is 3.59. The zero-order valence-electron chi connectivity index (χ0n) is 14.3. The monoisotopic (exact) mass is 368 g/mol. The molecule has 0 saturated heterocycles. The Morgan fingerprint density at radius 2 is 1.88 bits per heavy atom. The fraction of sp³-hybridized carbons (Fsp3) is 0.105. The molecule has 0 radical (unpaired) electrons. The summed E-state index contributed by atoms with van der Waals surface area (Å²) in [5, 5.41) is 6.45. The molecule has 0 aliphatic rings. The van der Waals surface area contributed by atoms with Gasteiger partial charge in [-0.3, -0.25) is 4.79 Å². The van der Waals surface area contributed by atoms with Crippen LogP contribution in [0, 0.1) is 6.92 Å². The van der Waals surface area contributed by atoms with Crippen molar-refractivity contribution in [2.45, 2.75) is 6.92 Å². The smallest absolute Gasteiger partial charge is 0.274 e. The number of nitrogens with one attached hydrogen (secondary N) is 2. The van der Waals surface area contributed by atoms with Gasteiger partial charge in [-0.05, 0) is 55.0 Å². The van der Waals surface area contributed by atoms with Gasteiger partial charge in [0.25, 0.3) is 5.91 Å². The zero-order chi connectivity index (χ0) is 18.5. The summed E-state index contributed by atoms with van der Waals surface area (Å²) >= 11 is 5.85. The Hall–Kier alpha value is -3.12. The number of aryl methyl sites for hydroxylation is 1. The van der Waals surface area contributed by atoms with Crippen LogP contribution in [0.4, 0.5) is 17.3 Å². The van der Waals surface area contributed by atoms with Gasteiger partial charge >= 0.3 is 0 Å². The van der Waals surface area contributed by atoms with Gasteiger partial charge in [0.1, 0.15) is 11.4 Å². The molecule has 132 valence electrons. The number of amides is 1. The quantitative estimate of drug-likeness (QED) is 0.696. The van der Waals surface area contributed by atoms with E-state index in [4.69, 9.17) is 16.3 Å². The van der Waals surface area contributed by atoms with E-state index in [2.05, 4.69) is 20.6 Å². The number of aromatic nitrogens is 2. The van der Waals surface area contributed by atoms with Crippen LogP contribution in [0.15, 0.2) is 54.7 Å². The maximum Gasteiger partial charge on any atom is 0.274 e. The number of hydrogen-bond donors (Lipinski definition) is 2. The molecule has 0 spiro atoms. The highest BCUT2D eigenvalue weighted by atomic mass is 35.5. The number of anilines is 3. The summed E-state index contributed by atoms with van der Waals surface area (Å²) in [5.74, 6) is 0.627. The van der Waals surface area contributed by atoms with E-state index in [1.165, 1.54) is 6.20 Å². The number of halogens is 1. The summed E-state index contributed by atoms with van der Waals surface area (Å²) in [6, 6.07) is 14.1. The van der Waals surface area contributed by atoms with Crippen molar-refractivity contribution < 1.29 is 9.53 Å². The van der Waals surface area contributed by atoms with Crippen LogP contribution < -0.4 is 15.4 Å². The molecule has 0 saturated carbocycles. The van der Waals surface area contributed by atoms with Crippen molar-refractivity contribution in [2.24, 2.45) is 0 Å².